The lowest BCUT2D eigenvalue weighted by Crippen LogP contribution is -2.47. The molecule has 2 fully saturated rings. The molecule has 1 saturated carbocycles. The van der Waals surface area contributed by atoms with Crippen LogP contribution in [0, 0.1) is 5.92 Å². The minimum atomic E-state index is -0.189. The molecule has 92 valence electrons. The van der Waals surface area contributed by atoms with Gasteiger partial charge in [0.05, 0.1) is 19.1 Å². The SMILES string of the molecule is NC(=O)[C@@H]1CCCC[C@H]1NCC1OCCO1. The van der Waals surface area contributed by atoms with Crippen LogP contribution in [-0.2, 0) is 14.3 Å². The molecule has 0 spiro atoms. The summed E-state index contributed by atoms with van der Waals surface area (Å²) in [4.78, 5) is 11.3. The van der Waals surface area contributed by atoms with Crippen LogP contribution in [-0.4, -0.2) is 38.0 Å². The van der Waals surface area contributed by atoms with Crippen LogP contribution in [0.5, 0.6) is 0 Å². The van der Waals surface area contributed by atoms with Crippen molar-refractivity contribution in [2.45, 2.75) is 38.0 Å². The molecule has 1 aliphatic heterocycles. The minimum absolute atomic E-state index is 0.0323. The monoisotopic (exact) mass is 228 g/mol. The number of nitrogens with one attached hydrogen (secondary N) is 1. The third-order valence-electron chi connectivity index (χ3n) is 3.37. The van der Waals surface area contributed by atoms with Gasteiger partial charge in [-0.3, -0.25) is 4.79 Å². The molecule has 2 aliphatic rings. The molecule has 0 bridgehead atoms. The van der Waals surface area contributed by atoms with Crippen molar-refractivity contribution in [3.05, 3.63) is 0 Å². The molecule has 2 atom stereocenters. The first-order chi connectivity index (χ1) is 7.77. The molecule has 1 amide bonds. The zero-order chi connectivity index (χ0) is 11.4. The van der Waals surface area contributed by atoms with Crippen LogP contribution in [0.4, 0.5) is 0 Å². The fourth-order valence-corrected chi connectivity index (χ4v) is 2.49. The highest BCUT2D eigenvalue weighted by atomic mass is 16.7. The van der Waals surface area contributed by atoms with E-state index in [-0.39, 0.29) is 24.2 Å². The number of hydrogen-bond acceptors (Lipinski definition) is 4. The Balaban J connectivity index is 1.78. The predicted octanol–water partition coefficient (Wildman–Crippen LogP) is -0.00700. The molecule has 3 N–H and O–H groups in total. The van der Waals surface area contributed by atoms with Crippen LogP contribution in [0.25, 0.3) is 0 Å². The van der Waals surface area contributed by atoms with Gasteiger partial charge in [0.1, 0.15) is 0 Å². The summed E-state index contributed by atoms with van der Waals surface area (Å²) in [5.41, 5.74) is 5.40. The van der Waals surface area contributed by atoms with Crippen molar-refractivity contribution in [1.82, 2.24) is 5.32 Å². The quantitative estimate of drug-likeness (QED) is 0.710. The van der Waals surface area contributed by atoms with E-state index in [0.29, 0.717) is 19.8 Å². The number of primary amides is 1. The summed E-state index contributed by atoms with van der Waals surface area (Å²) in [5, 5.41) is 3.34. The van der Waals surface area contributed by atoms with Crippen LogP contribution in [0.1, 0.15) is 25.7 Å². The first-order valence-corrected chi connectivity index (χ1v) is 6.03. The summed E-state index contributed by atoms with van der Waals surface area (Å²) in [6.07, 6.45) is 4.02. The number of hydrogen-bond donors (Lipinski definition) is 2. The number of ether oxygens (including phenoxy) is 2. The zero-order valence-electron chi connectivity index (χ0n) is 9.48. The fraction of sp³-hybridized carbons (Fsp3) is 0.909. The van der Waals surface area contributed by atoms with Crippen LogP contribution in [0.15, 0.2) is 0 Å². The van der Waals surface area contributed by atoms with Gasteiger partial charge in [-0.2, -0.15) is 0 Å². The molecule has 0 radical (unpaired) electrons. The summed E-state index contributed by atoms with van der Waals surface area (Å²) in [5.74, 6) is -0.222. The highest BCUT2D eigenvalue weighted by Gasteiger charge is 2.30. The predicted molar refractivity (Wildman–Crippen MR) is 58.6 cm³/mol. The number of nitrogens with two attached hydrogens (primary N) is 1. The average molecular weight is 228 g/mol. The van der Waals surface area contributed by atoms with Gasteiger partial charge in [-0.15, -0.1) is 0 Å². The normalized spacial score (nSPS) is 31.8. The molecule has 0 aromatic carbocycles. The van der Waals surface area contributed by atoms with E-state index in [0.717, 1.165) is 25.7 Å². The number of rotatable bonds is 4. The summed E-state index contributed by atoms with van der Waals surface area (Å²) in [6.45, 7) is 1.97. The van der Waals surface area contributed by atoms with E-state index in [9.17, 15) is 4.79 Å². The van der Waals surface area contributed by atoms with Crippen LogP contribution in [0.3, 0.4) is 0 Å². The molecule has 0 unspecified atom stereocenters. The topological polar surface area (TPSA) is 73.6 Å². The van der Waals surface area contributed by atoms with Crippen LogP contribution >= 0.6 is 0 Å². The van der Waals surface area contributed by atoms with E-state index in [2.05, 4.69) is 5.32 Å². The van der Waals surface area contributed by atoms with E-state index >= 15 is 0 Å². The van der Waals surface area contributed by atoms with Gasteiger partial charge in [0.15, 0.2) is 6.29 Å². The van der Waals surface area contributed by atoms with Gasteiger partial charge in [0.25, 0.3) is 0 Å². The van der Waals surface area contributed by atoms with Crippen molar-refractivity contribution in [2.24, 2.45) is 11.7 Å². The smallest absolute Gasteiger partial charge is 0.222 e. The van der Waals surface area contributed by atoms with Crippen LogP contribution < -0.4 is 11.1 Å². The molecular formula is C11H20N2O3. The minimum Gasteiger partial charge on any atom is -0.369 e. The molecule has 1 aliphatic carbocycles. The lowest BCUT2D eigenvalue weighted by Gasteiger charge is -2.30. The largest absolute Gasteiger partial charge is 0.369 e. The molecule has 5 heteroatoms. The maximum Gasteiger partial charge on any atom is 0.222 e. The van der Waals surface area contributed by atoms with Crippen molar-refractivity contribution < 1.29 is 14.3 Å². The van der Waals surface area contributed by atoms with Crippen molar-refractivity contribution in [3.8, 4) is 0 Å². The second-order valence-corrected chi connectivity index (χ2v) is 4.48. The van der Waals surface area contributed by atoms with Gasteiger partial charge >= 0.3 is 0 Å². The number of amides is 1. The average Bonchev–Trinajstić information content (AvgIpc) is 2.79. The highest BCUT2D eigenvalue weighted by molar-refractivity contribution is 5.77. The maximum atomic E-state index is 11.3. The summed E-state index contributed by atoms with van der Waals surface area (Å²) < 4.78 is 10.7. The van der Waals surface area contributed by atoms with E-state index in [1.54, 1.807) is 0 Å². The molecule has 16 heavy (non-hydrogen) atoms. The third kappa shape index (κ3) is 2.93. The molecule has 0 aromatic heterocycles. The van der Waals surface area contributed by atoms with E-state index < -0.39 is 0 Å². The summed E-state index contributed by atoms with van der Waals surface area (Å²) in [6, 6.07) is 0.194. The van der Waals surface area contributed by atoms with E-state index in [1.807, 2.05) is 0 Å². The van der Waals surface area contributed by atoms with Crippen LogP contribution in [0.2, 0.25) is 0 Å². The molecular weight excluding hydrogens is 208 g/mol. The van der Waals surface area contributed by atoms with Gasteiger partial charge in [-0.1, -0.05) is 12.8 Å². The van der Waals surface area contributed by atoms with E-state index in [1.165, 1.54) is 0 Å². The Morgan fingerprint density at radius 3 is 2.62 bits per heavy atom. The molecule has 1 saturated heterocycles. The van der Waals surface area contributed by atoms with Crippen molar-refractivity contribution in [3.63, 3.8) is 0 Å². The van der Waals surface area contributed by atoms with Gasteiger partial charge in [-0.05, 0) is 12.8 Å². The van der Waals surface area contributed by atoms with Crippen molar-refractivity contribution in [1.29, 1.82) is 0 Å². The van der Waals surface area contributed by atoms with Gasteiger partial charge in [-0.25, -0.2) is 0 Å². The standard InChI is InChI=1S/C11H20N2O3/c12-11(14)8-3-1-2-4-9(8)13-7-10-15-5-6-16-10/h8-10,13H,1-7H2,(H2,12,14)/t8-,9-/m1/s1. The Morgan fingerprint density at radius 1 is 1.25 bits per heavy atom. The molecule has 0 aromatic rings. The Labute approximate surface area is 95.7 Å². The van der Waals surface area contributed by atoms with Crippen molar-refractivity contribution >= 4 is 5.91 Å². The fourth-order valence-electron chi connectivity index (χ4n) is 2.49. The van der Waals surface area contributed by atoms with Crippen molar-refractivity contribution in [2.75, 3.05) is 19.8 Å². The lowest BCUT2D eigenvalue weighted by molar-refractivity contribution is -0.123. The second-order valence-electron chi connectivity index (χ2n) is 4.48. The van der Waals surface area contributed by atoms with E-state index in [4.69, 9.17) is 15.2 Å². The third-order valence-corrected chi connectivity index (χ3v) is 3.37. The first kappa shape index (κ1) is 11.8. The summed E-state index contributed by atoms with van der Waals surface area (Å²) in [7, 11) is 0. The summed E-state index contributed by atoms with van der Waals surface area (Å²) >= 11 is 0. The zero-order valence-corrected chi connectivity index (χ0v) is 9.48. The van der Waals surface area contributed by atoms with Gasteiger partial charge in [0.2, 0.25) is 5.91 Å². The maximum absolute atomic E-state index is 11.3. The first-order valence-electron chi connectivity index (χ1n) is 6.03. The lowest BCUT2D eigenvalue weighted by atomic mass is 9.84. The Morgan fingerprint density at radius 2 is 1.94 bits per heavy atom. The number of carbonyl (C=O) groups excluding carboxylic acids is 1. The molecule has 2 rings (SSSR count). The molecule has 1 heterocycles. The Kier molecular flexibility index (Phi) is 4.15. The second kappa shape index (κ2) is 5.61. The molecule has 5 nitrogen and oxygen atoms in total. The van der Waals surface area contributed by atoms with Gasteiger partial charge in [0, 0.05) is 12.6 Å². The Hall–Kier alpha value is -0.650. The Bertz CT molecular complexity index is 241. The number of carbonyl (C=O) groups is 1. The highest BCUT2D eigenvalue weighted by Crippen LogP contribution is 2.24. The van der Waals surface area contributed by atoms with Gasteiger partial charge < -0.3 is 20.5 Å².